The summed E-state index contributed by atoms with van der Waals surface area (Å²) in [5.41, 5.74) is 4.01. The normalized spacial score (nSPS) is 17.2. The summed E-state index contributed by atoms with van der Waals surface area (Å²) in [5.74, 6) is 0.735. The van der Waals surface area contributed by atoms with Crippen LogP contribution in [0.1, 0.15) is 67.8 Å². The fourth-order valence-electron chi connectivity index (χ4n) is 6.38. The Bertz CT molecular complexity index is 1520. The maximum Gasteiger partial charge on any atom is 0.416 e. The van der Waals surface area contributed by atoms with Gasteiger partial charge < -0.3 is 19.4 Å². The van der Waals surface area contributed by atoms with Crippen LogP contribution >= 0.6 is 11.6 Å². The third kappa shape index (κ3) is 7.16. The lowest BCUT2D eigenvalue weighted by Crippen LogP contribution is -2.42. The van der Waals surface area contributed by atoms with E-state index in [1.165, 1.54) is 82.4 Å². The number of nitrogens with one attached hydrogen (secondary N) is 1. The second kappa shape index (κ2) is 13.8. The number of halogens is 2. The highest BCUT2D eigenvalue weighted by Crippen LogP contribution is 2.40. The number of piperidine rings is 1. The molecule has 3 aromatic carbocycles. The summed E-state index contributed by atoms with van der Waals surface area (Å²) in [6, 6.07) is 18.9. The molecule has 0 bridgehead atoms. The number of rotatable bonds is 10. The topological polar surface area (TPSA) is 57.8 Å². The quantitative estimate of drug-likeness (QED) is 0.185. The van der Waals surface area contributed by atoms with Crippen molar-refractivity contribution < 1.29 is 18.7 Å². The van der Waals surface area contributed by atoms with E-state index in [0.29, 0.717) is 30.3 Å². The Kier molecular flexibility index (Phi) is 9.49. The standard InChI is InChI=1S/C35H39ClFN3O3/c36-26-10-17-32-31(24-26)30-18-22-40(35(41)43-29-15-11-27(37)12-16-29)34(33(30)38-32)25-8-13-28(14-9-25)42-23-7-2-1-4-19-39-20-5-3-6-21-39/h8-17,24,34,38H,1-7,18-23H2. The Morgan fingerprint density at radius 3 is 2.42 bits per heavy atom. The lowest BCUT2D eigenvalue weighted by atomic mass is 9.92. The minimum absolute atomic E-state index is 0.301. The van der Waals surface area contributed by atoms with Gasteiger partial charge in [0.2, 0.25) is 0 Å². The molecule has 8 heteroatoms. The van der Waals surface area contributed by atoms with Crippen molar-refractivity contribution in [2.75, 3.05) is 32.8 Å². The van der Waals surface area contributed by atoms with Gasteiger partial charge in [-0.15, -0.1) is 0 Å². The minimum Gasteiger partial charge on any atom is -0.494 e. The number of amides is 1. The first-order valence-electron chi connectivity index (χ1n) is 15.5. The molecule has 6 nitrogen and oxygen atoms in total. The largest absolute Gasteiger partial charge is 0.494 e. The van der Waals surface area contributed by atoms with Crippen molar-refractivity contribution in [3.63, 3.8) is 0 Å². The number of benzene rings is 3. The fourth-order valence-corrected chi connectivity index (χ4v) is 6.55. The molecule has 1 aromatic heterocycles. The first-order chi connectivity index (χ1) is 21.0. The molecular formula is C35H39ClFN3O3. The molecule has 1 unspecified atom stereocenters. The number of nitrogens with zero attached hydrogens (tertiary/aromatic N) is 2. The van der Waals surface area contributed by atoms with Gasteiger partial charge in [0.15, 0.2) is 0 Å². The van der Waals surface area contributed by atoms with Crippen LogP contribution in [0.4, 0.5) is 9.18 Å². The average Bonchev–Trinajstić information content (AvgIpc) is 3.40. The zero-order chi connectivity index (χ0) is 29.6. The van der Waals surface area contributed by atoms with Crippen LogP contribution < -0.4 is 9.47 Å². The van der Waals surface area contributed by atoms with Gasteiger partial charge in [-0.1, -0.05) is 43.0 Å². The molecular weight excluding hydrogens is 565 g/mol. The molecule has 1 fully saturated rings. The molecule has 0 aliphatic carbocycles. The second-order valence-electron chi connectivity index (χ2n) is 11.6. The highest BCUT2D eigenvalue weighted by molar-refractivity contribution is 6.31. The molecule has 3 heterocycles. The predicted octanol–water partition coefficient (Wildman–Crippen LogP) is 8.53. The first kappa shape index (κ1) is 29.5. The third-order valence-corrected chi connectivity index (χ3v) is 8.86. The second-order valence-corrected chi connectivity index (χ2v) is 12.0. The average molecular weight is 604 g/mol. The molecule has 2 aliphatic rings. The Labute approximate surface area is 257 Å². The van der Waals surface area contributed by atoms with Crippen LogP contribution in [0, 0.1) is 5.82 Å². The smallest absolute Gasteiger partial charge is 0.416 e. The van der Waals surface area contributed by atoms with Gasteiger partial charge in [-0.2, -0.15) is 0 Å². The van der Waals surface area contributed by atoms with Crippen molar-refractivity contribution in [1.82, 2.24) is 14.8 Å². The number of H-pyrrole nitrogens is 1. The zero-order valence-corrected chi connectivity index (χ0v) is 25.3. The third-order valence-electron chi connectivity index (χ3n) is 8.62. The number of hydrogen-bond acceptors (Lipinski definition) is 4. The van der Waals surface area contributed by atoms with E-state index in [1.807, 2.05) is 42.5 Å². The molecule has 2 aliphatic heterocycles. The molecule has 1 amide bonds. The van der Waals surface area contributed by atoms with E-state index in [9.17, 15) is 9.18 Å². The molecule has 4 aromatic rings. The van der Waals surface area contributed by atoms with Crippen molar-refractivity contribution in [3.8, 4) is 11.5 Å². The van der Waals surface area contributed by atoms with Gasteiger partial charge in [0.1, 0.15) is 23.4 Å². The van der Waals surface area contributed by atoms with Gasteiger partial charge in [0.25, 0.3) is 0 Å². The van der Waals surface area contributed by atoms with E-state index in [4.69, 9.17) is 21.1 Å². The molecule has 226 valence electrons. The van der Waals surface area contributed by atoms with Gasteiger partial charge in [-0.25, -0.2) is 9.18 Å². The van der Waals surface area contributed by atoms with Crippen LogP contribution in [-0.2, 0) is 6.42 Å². The lowest BCUT2D eigenvalue weighted by molar-refractivity contribution is 0.135. The van der Waals surface area contributed by atoms with Gasteiger partial charge >= 0.3 is 6.09 Å². The van der Waals surface area contributed by atoms with Crippen molar-refractivity contribution in [1.29, 1.82) is 0 Å². The number of aromatic amines is 1. The van der Waals surface area contributed by atoms with Gasteiger partial charge in [0, 0.05) is 28.2 Å². The Hall–Kier alpha value is -3.55. The Balaban J connectivity index is 1.12. The number of fused-ring (bicyclic) bond motifs is 3. The number of carbonyl (C=O) groups excluding carboxylic acids is 1. The lowest BCUT2D eigenvalue weighted by Gasteiger charge is -2.35. The maximum absolute atomic E-state index is 13.5. The summed E-state index contributed by atoms with van der Waals surface area (Å²) >= 11 is 6.34. The van der Waals surface area contributed by atoms with E-state index in [2.05, 4.69) is 9.88 Å². The minimum atomic E-state index is -0.487. The van der Waals surface area contributed by atoms with Crippen molar-refractivity contribution in [3.05, 3.63) is 94.4 Å². The summed E-state index contributed by atoms with van der Waals surface area (Å²) in [5, 5.41) is 1.74. The van der Waals surface area contributed by atoms with Crippen LogP contribution in [0.15, 0.2) is 66.7 Å². The van der Waals surface area contributed by atoms with Crippen LogP contribution in [0.3, 0.4) is 0 Å². The summed E-state index contributed by atoms with van der Waals surface area (Å²) in [4.78, 5) is 21.3. The monoisotopic (exact) mass is 603 g/mol. The number of ether oxygens (including phenoxy) is 2. The van der Waals surface area contributed by atoms with Crippen molar-refractivity contribution in [2.24, 2.45) is 0 Å². The van der Waals surface area contributed by atoms with E-state index >= 15 is 0 Å². The van der Waals surface area contributed by atoms with E-state index in [0.717, 1.165) is 39.9 Å². The number of hydrogen-bond donors (Lipinski definition) is 1. The molecule has 0 saturated carbocycles. The van der Waals surface area contributed by atoms with Crippen molar-refractivity contribution >= 4 is 28.6 Å². The molecule has 6 rings (SSSR count). The van der Waals surface area contributed by atoms with Gasteiger partial charge in [-0.3, -0.25) is 4.90 Å². The molecule has 1 saturated heterocycles. The number of aromatic nitrogens is 1. The Morgan fingerprint density at radius 1 is 0.884 bits per heavy atom. The maximum atomic E-state index is 13.5. The van der Waals surface area contributed by atoms with E-state index in [1.54, 1.807) is 4.90 Å². The molecule has 43 heavy (non-hydrogen) atoms. The highest BCUT2D eigenvalue weighted by atomic mass is 35.5. The number of likely N-dealkylation sites (tertiary alicyclic amines) is 1. The first-order valence-corrected chi connectivity index (χ1v) is 15.9. The summed E-state index contributed by atoms with van der Waals surface area (Å²) in [7, 11) is 0. The Morgan fingerprint density at radius 2 is 1.63 bits per heavy atom. The van der Waals surface area contributed by atoms with Crippen LogP contribution in [0.2, 0.25) is 5.02 Å². The van der Waals surface area contributed by atoms with E-state index < -0.39 is 12.1 Å². The molecule has 0 radical (unpaired) electrons. The molecule has 0 spiro atoms. The number of carbonyl (C=O) groups is 1. The highest BCUT2D eigenvalue weighted by Gasteiger charge is 2.35. The van der Waals surface area contributed by atoms with Crippen LogP contribution in [0.25, 0.3) is 10.9 Å². The van der Waals surface area contributed by atoms with Gasteiger partial charge in [0.05, 0.1) is 6.61 Å². The van der Waals surface area contributed by atoms with Crippen molar-refractivity contribution in [2.45, 2.75) is 57.4 Å². The summed E-state index contributed by atoms with van der Waals surface area (Å²) in [6.07, 6.45) is 8.97. The molecule has 1 atom stereocenters. The zero-order valence-electron chi connectivity index (χ0n) is 24.5. The summed E-state index contributed by atoms with van der Waals surface area (Å²) in [6.45, 7) is 4.91. The van der Waals surface area contributed by atoms with Crippen LogP contribution in [-0.4, -0.2) is 53.7 Å². The summed E-state index contributed by atoms with van der Waals surface area (Å²) < 4.78 is 25.2. The predicted molar refractivity (Wildman–Crippen MR) is 169 cm³/mol. The SMILES string of the molecule is O=C(Oc1ccc(F)cc1)N1CCc2c([nH]c3ccc(Cl)cc23)C1c1ccc(OCCCCCCN2CCCCC2)cc1. The fraction of sp³-hybridized carbons (Fsp3) is 0.400. The number of unbranched alkanes of at least 4 members (excludes halogenated alkanes) is 3. The molecule has 1 N–H and O–H groups in total. The van der Waals surface area contributed by atoms with Gasteiger partial charge in [-0.05, 0) is 117 Å². The van der Waals surface area contributed by atoms with Crippen LogP contribution in [0.5, 0.6) is 11.5 Å². The van der Waals surface area contributed by atoms with E-state index in [-0.39, 0.29) is 5.82 Å².